The highest BCUT2D eigenvalue weighted by atomic mass is 16.6. The van der Waals surface area contributed by atoms with Crippen molar-refractivity contribution in [2.75, 3.05) is 0 Å². The first-order valence-corrected chi connectivity index (χ1v) is 3.40. The SMILES string of the molecule is C#Cc1ccc2c(c1)O[N]C=N2. The van der Waals surface area contributed by atoms with Crippen molar-refractivity contribution < 1.29 is 4.84 Å². The molecule has 1 aliphatic heterocycles. The van der Waals surface area contributed by atoms with Gasteiger partial charge in [0.1, 0.15) is 5.69 Å². The molecule has 0 bridgehead atoms. The lowest BCUT2D eigenvalue weighted by Gasteiger charge is -2.08. The second-order valence-electron chi connectivity index (χ2n) is 2.27. The van der Waals surface area contributed by atoms with Gasteiger partial charge in [0.15, 0.2) is 12.1 Å². The van der Waals surface area contributed by atoms with Gasteiger partial charge in [-0.15, -0.1) is 6.42 Å². The molecular formula is C9H5N2O. The van der Waals surface area contributed by atoms with E-state index in [2.05, 4.69) is 16.4 Å². The minimum absolute atomic E-state index is 0.605. The number of rotatable bonds is 0. The maximum Gasteiger partial charge on any atom is 0.184 e. The van der Waals surface area contributed by atoms with Crippen LogP contribution >= 0.6 is 0 Å². The average Bonchev–Trinajstić information content (AvgIpc) is 2.17. The van der Waals surface area contributed by atoms with E-state index in [4.69, 9.17) is 11.3 Å². The smallest absolute Gasteiger partial charge is 0.184 e. The second kappa shape index (κ2) is 2.59. The first-order valence-electron chi connectivity index (χ1n) is 3.40. The maximum absolute atomic E-state index is 5.21. The van der Waals surface area contributed by atoms with Crippen molar-refractivity contribution in [3.63, 3.8) is 0 Å². The Kier molecular flexibility index (Phi) is 1.45. The van der Waals surface area contributed by atoms with Gasteiger partial charge in [0, 0.05) is 11.6 Å². The zero-order valence-corrected chi connectivity index (χ0v) is 6.19. The predicted octanol–water partition coefficient (Wildman–Crippen LogP) is 1.24. The molecule has 1 aliphatic rings. The zero-order chi connectivity index (χ0) is 8.39. The van der Waals surface area contributed by atoms with Crippen LogP contribution in [0.3, 0.4) is 0 Å². The summed E-state index contributed by atoms with van der Waals surface area (Å²) in [6.45, 7) is 0. The van der Waals surface area contributed by atoms with Crippen LogP contribution in [0.2, 0.25) is 0 Å². The summed E-state index contributed by atoms with van der Waals surface area (Å²) in [5.41, 5.74) is 5.05. The topological polar surface area (TPSA) is 35.7 Å². The van der Waals surface area contributed by atoms with E-state index in [9.17, 15) is 0 Å². The monoisotopic (exact) mass is 157 g/mol. The summed E-state index contributed by atoms with van der Waals surface area (Å²) in [5.74, 6) is 3.11. The van der Waals surface area contributed by atoms with Gasteiger partial charge in [-0.05, 0) is 12.1 Å². The molecule has 57 valence electrons. The number of hydroxylamine groups is 1. The van der Waals surface area contributed by atoms with Crippen molar-refractivity contribution in [1.29, 1.82) is 0 Å². The molecule has 1 radical (unpaired) electrons. The number of aliphatic imine (C=N–C) groups is 1. The highest BCUT2D eigenvalue weighted by molar-refractivity contribution is 5.68. The first kappa shape index (κ1) is 6.74. The number of hydrogen-bond acceptors (Lipinski definition) is 2. The normalized spacial score (nSPS) is 12.2. The van der Waals surface area contributed by atoms with Crippen molar-refractivity contribution in [2.24, 2.45) is 4.99 Å². The third-order valence-corrected chi connectivity index (χ3v) is 1.52. The molecule has 0 aliphatic carbocycles. The number of nitrogens with zero attached hydrogens (tertiary/aromatic N) is 2. The number of fused-ring (bicyclic) bond motifs is 1. The van der Waals surface area contributed by atoms with Crippen LogP contribution in [-0.2, 0) is 0 Å². The summed E-state index contributed by atoms with van der Waals surface area (Å²) >= 11 is 0. The standard InChI is InChI=1S/C9H5N2O/c1-2-7-3-4-8-9(5-7)12-11-6-10-8/h1,3-6H. The number of benzene rings is 1. The fourth-order valence-electron chi connectivity index (χ4n) is 0.950. The largest absolute Gasteiger partial charge is 0.353 e. The van der Waals surface area contributed by atoms with Crippen molar-refractivity contribution >= 4 is 12.0 Å². The van der Waals surface area contributed by atoms with Gasteiger partial charge in [0.05, 0.1) is 0 Å². The van der Waals surface area contributed by atoms with Gasteiger partial charge in [0.2, 0.25) is 0 Å². The summed E-state index contributed by atoms with van der Waals surface area (Å²) in [4.78, 5) is 8.93. The van der Waals surface area contributed by atoms with E-state index in [-0.39, 0.29) is 0 Å². The molecule has 0 saturated carbocycles. The predicted molar refractivity (Wildman–Crippen MR) is 45.3 cm³/mol. The molecule has 12 heavy (non-hydrogen) atoms. The van der Waals surface area contributed by atoms with Crippen molar-refractivity contribution in [1.82, 2.24) is 5.48 Å². The summed E-state index contributed by atoms with van der Waals surface area (Å²) in [6.07, 6.45) is 6.57. The molecule has 3 nitrogen and oxygen atoms in total. The number of hydrogen-bond donors (Lipinski definition) is 0. The van der Waals surface area contributed by atoms with E-state index >= 15 is 0 Å². The Balaban J connectivity index is 2.53. The van der Waals surface area contributed by atoms with Crippen molar-refractivity contribution in [3.8, 4) is 18.1 Å². The Morgan fingerprint density at radius 1 is 1.42 bits per heavy atom. The second-order valence-corrected chi connectivity index (χ2v) is 2.27. The van der Waals surface area contributed by atoms with Crippen LogP contribution in [0.4, 0.5) is 5.69 Å². The van der Waals surface area contributed by atoms with E-state index < -0.39 is 0 Å². The van der Waals surface area contributed by atoms with Gasteiger partial charge in [0.25, 0.3) is 0 Å². The minimum atomic E-state index is 0.605. The molecule has 2 rings (SSSR count). The molecule has 0 fully saturated rings. The molecule has 0 saturated heterocycles. The van der Waals surface area contributed by atoms with E-state index in [1.807, 2.05) is 6.07 Å². The molecule has 0 amide bonds. The average molecular weight is 157 g/mol. The van der Waals surface area contributed by atoms with Crippen LogP contribution < -0.4 is 10.3 Å². The van der Waals surface area contributed by atoms with E-state index in [0.717, 1.165) is 11.3 Å². The van der Waals surface area contributed by atoms with Crippen LogP contribution in [-0.4, -0.2) is 6.34 Å². The lowest BCUT2D eigenvalue weighted by Crippen LogP contribution is -2.10. The van der Waals surface area contributed by atoms with Crippen molar-refractivity contribution in [2.45, 2.75) is 0 Å². The van der Waals surface area contributed by atoms with Gasteiger partial charge in [-0.1, -0.05) is 11.4 Å². The molecule has 0 N–H and O–H groups in total. The summed E-state index contributed by atoms with van der Waals surface area (Å²) in [6, 6.07) is 5.34. The molecule has 1 aromatic rings. The summed E-state index contributed by atoms with van der Waals surface area (Å²) < 4.78 is 0. The van der Waals surface area contributed by atoms with Crippen LogP contribution in [0, 0.1) is 12.3 Å². The molecule has 0 unspecified atom stereocenters. The van der Waals surface area contributed by atoms with Crippen LogP contribution in [0.25, 0.3) is 0 Å². The fourth-order valence-corrected chi connectivity index (χ4v) is 0.950. The van der Waals surface area contributed by atoms with Gasteiger partial charge in [-0.3, -0.25) is 0 Å². The molecule has 3 heteroatoms. The summed E-state index contributed by atoms with van der Waals surface area (Å²) in [5, 5.41) is 0. The highest BCUT2D eigenvalue weighted by Gasteiger charge is 2.07. The van der Waals surface area contributed by atoms with Crippen LogP contribution in [0.1, 0.15) is 5.56 Å². The third kappa shape index (κ3) is 0.995. The van der Waals surface area contributed by atoms with E-state index in [1.165, 1.54) is 6.34 Å². The third-order valence-electron chi connectivity index (χ3n) is 1.52. The highest BCUT2D eigenvalue weighted by Crippen LogP contribution is 2.29. The Morgan fingerprint density at radius 3 is 3.17 bits per heavy atom. The quantitative estimate of drug-likeness (QED) is 0.522. The molecule has 1 heterocycles. The molecule has 0 aromatic heterocycles. The lowest BCUT2D eigenvalue weighted by atomic mass is 10.2. The molecule has 1 aromatic carbocycles. The zero-order valence-electron chi connectivity index (χ0n) is 6.19. The van der Waals surface area contributed by atoms with Crippen LogP contribution in [0.15, 0.2) is 23.2 Å². The maximum atomic E-state index is 5.21. The summed E-state index contributed by atoms with van der Waals surface area (Å²) in [7, 11) is 0. The Morgan fingerprint density at radius 2 is 2.33 bits per heavy atom. The van der Waals surface area contributed by atoms with Crippen LogP contribution in [0.5, 0.6) is 5.75 Å². The molecule has 0 spiro atoms. The van der Waals surface area contributed by atoms with Gasteiger partial charge < -0.3 is 4.84 Å². The first-order chi connectivity index (χ1) is 5.90. The Bertz CT molecular complexity index is 377. The molecular weight excluding hydrogens is 152 g/mol. The van der Waals surface area contributed by atoms with Crippen molar-refractivity contribution in [3.05, 3.63) is 23.8 Å². The van der Waals surface area contributed by atoms with Gasteiger partial charge >= 0.3 is 0 Å². The molecule has 0 atom stereocenters. The van der Waals surface area contributed by atoms with E-state index in [1.54, 1.807) is 12.1 Å². The lowest BCUT2D eigenvalue weighted by molar-refractivity contribution is 0.254. The van der Waals surface area contributed by atoms with Gasteiger partial charge in [-0.2, -0.15) is 0 Å². The Labute approximate surface area is 70.0 Å². The van der Waals surface area contributed by atoms with Gasteiger partial charge in [-0.25, -0.2) is 4.99 Å². The fraction of sp³-hybridized carbons (Fsp3) is 0. The Hall–Kier alpha value is -1.95. The number of terminal acetylenes is 1. The minimum Gasteiger partial charge on any atom is -0.353 e. The van der Waals surface area contributed by atoms with E-state index in [0.29, 0.717) is 5.75 Å².